The van der Waals surface area contributed by atoms with Crippen LogP contribution < -0.4 is 21.7 Å². The zero-order valence-electron chi connectivity index (χ0n) is 16.4. The summed E-state index contributed by atoms with van der Waals surface area (Å²) in [6.07, 6.45) is 1.03. The van der Waals surface area contributed by atoms with Crippen LogP contribution in [0, 0.1) is 5.41 Å². The predicted molar refractivity (Wildman–Crippen MR) is 97.4 cm³/mol. The molecule has 152 valence electrons. The van der Waals surface area contributed by atoms with Gasteiger partial charge in [0.2, 0.25) is 17.6 Å². The molecule has 0 aliphatic carbocycles. The van der Waals surface area contributed by atoms with Crippen molar-refractivity contribution < 1.29 is 24.0 Å². The second-order valence-corrected chi connectivity index (χ2v) is 7.67. The molecule has 1 heterocycles. The molecule has 1 fully saturated rings. The molecule has 0 saturated carbocycles. The smallest absolute Gasteiger partial charge is 0.315 e. The van der Waals surface area contributed by atoms with Crippen molar-refractivity contribution >= 4 is 29.5 Å². The first-order valence-electron chi connectivity index (χ1n) is 8.82. The molecule has 10 heteroatoms. The van der Waals surface area contributed by atoms with Crippen molar-refractivity contribution in [3.63, 3.8) is 0 Å². The summed E-state index contributed by atoms with van der Waals surface area (Å²) in [6.45, 7) is 7.15. The Balaban J connectivity index is 2.94. The minimum atomic E-state index is -1.13. The Bertz CT molecular complexity index is 628. The zero-order valence-corrected chi connectivity index (χ0v) is 16.4. The number of likely N-dealkylation sites (tertiary alicyclic amines) is 1. The van der Waals surface area contributed by atoms with E-state index in [1.807, 2.05) is 20.8 Å². The van der Waals surface area contributed by atoms with Gasteiger partial charge in [0.05, 0.1) is 6.04 Å². The van der Waals surface area contributed by atoms with Crippen molar-refractivity contribution in [2.24, 2.45) is 11.1 Å². The van der Waals surface area contributed by atoms with E-state index in [2.05, 4.69) is 16.0 Å². The summed E-state index contributed by atoms with van der Waals surface area (Å²) in [4.78, 5) is 61.3. The van der Waals surface area contributed by atoms with Gasteiger partial charge in [-0.05, 0) is 25.2 Å². The third kappa shape index (κ3) is 5.66. The summed E-state index contributed by atoms with van der Waals surface area (Å²) in [5.41, 5.74) is 4.36. The van der Waals surface area contributed by atoms with E-state index in [0.29, 0.717) is 19.4 Å². The fourth-order valence-corrected chi connectivity index (χ4v) is 2.91. The largest absolute Gasteiger partial charge is 0.363 e. The van der Waals surface area contributed by atoms with Crippen LogP contribution in [0.1, 0.15) is 40.5 Å². The Morgan fingerprint density at radius 3 is 2.19 bits per heavy atom. The van der Waals surface area contributed by atoms with E-state index in [0.717, 1.165) is 0 Å². The normalized spacial score (nSPS) is 19.0. The number of nitrogens with one attached hydrogen (secondary N) is 3. The summed E-state index contributed by atoms with van der Waals surface area (Å²) in [5.74, 6) is -2.95. The average Bonchev–Trinajstić information content (AvgIpc) is 3.06. The number of urea groups is 1. The Hall–Kier alpha value is -2.65. The number of Topliss-reactive ketones (excluding diaryl/α,β-unsaturated/α-hetero) is 1. The number of carbonyl (C=O) groups is 5. The molecule has 0 aromatic carbocycles. The highest BCUT2D eigenvalue weighted by atomic mass is 16.2. The maximum atomic E-state index is 13.0. The molecule has 5 N–H and O–H groups in total. The van der Waals surface area contributed by atoms with Crippen molar-refractivity contribution in [2.75, 3.05) is 13.6 Å². The molecule has 1 aliphatic rings. The first-order chi connectivity index (χ1) is 12.4. The second-order valence-electron chi connectivity index (χ2n) is 7.67. The van der Waals surface area contributed by atoms with Crippen molar-refractivity contribution in [1.29, 1.82) is 0 Å². The summed E-state index contributed by atoms with van der Waals surface area (Å²) >= 11 is 0. The first-order valence-corrected chi connectivity index (χ1v) is 8.82. The highest BCUT2D eigenvalue weighted by Crippen LogP contribution is 2.25. The van der Waals surface area contributed by atoms with Gasteiger partial charge in [0.15, 0.2) is 0 Å². The maximum absolute atomic E-state index is 13.0. The quantitative estimate of drug-likeness (QED) is 0.428. The minimum absolute atomic E-state index is 0.358. The molecule has 3 atom stereocenters. The molecule has 0 aromatic rings. The second kappa shape index (κ2) is 8.83. The fourth-order valence-electron chi connectivity index (χ4n) is 2.91. The Labute approximate surface area is 158 Å². The molecule has 1 aliphatic heterocycles. The lowest BCUT2D eigenvalue weighted by Gasteiger charge is -2.35. The van der Waals surface area contributed by atoms with Crippen molar-refractivity contribution in [3.05, 3.63) is 0 Å². The van der Waals surface area contributed by atoms with Crippen molar-refractivity contribution in [1.82, 2.24) is 20.9 Å². The van der Waals surface area contributed by atoms with E-state index in [4.69, 9.17) is 5.73 Å². The minimum Gasteiger partial charge on any atom is -0.363 e. The van der Waals surface area contributed by atoms with Gasteiger partial charge in [-0.1, -0.05) is 20.8 Å². The summed E-state index contributed by atoms with van der Waals surface area (Å²) in [5, 5.41) is 7.48. The van der Waals surface area contributed by atoms with Gasteiger partial charge in [0.25, 0.3) is 5.91 Å². The van der Waals surface area contributed by atoms with Crippen LogP contribution in [0.2, 0.25) is 0 Å². The van der Waals surface area contributed by atoms with E-state index in [1.165, 1.54) is 18.9 Å². The van der Waals surface area contributed by atoms with E-state index in [9.17, 15) is 24.0 Å². The molecule has 0 bridgehead atoms. The fraction of sp³-hybridized carbons (Fsp3) is 0.706. The molecule has 1 rings (SSSR count). The van der Waals surface area contributed by atoms with Gasteiger partial charge in [-0.15, -0.1) is 0 Å². The van der Waals surface area contributed by atoms with Crippen molar-refractivity contribution in [3.8, 4) is 0 Å². The van der Waals surface area contributed by atoms with E-state index < -0.39 is 47.2 Å². The topological polar surface area (TPSA) is 151 Å². The lowest BCUT2D eigenvalue weighted by atomic mass is 9.85. The summed E-state index contributed by atoms with van der Waals surface area (Å²) in [7, 11) is 1.45. The lowest BCUT2D eigenvalue weighted by molar-refractivity contribution is -0.143. The third-order valence-electron chi connectivity index (χ3n) is 4.45. The molecule has 1 saturated heterocycles. The highest BCUT2D eigenvalue weighted by molar-refractivity contribution is 6.37. The molecule has 5 amide bonds. The van der Waals surface area contributed by atoms with E-state index in [-0.39, 0.29) is 5.91 Å². The zero-order chi connectivity index (χ0) is 20.9. The SMILES string of the molecule is CNC(=O)NC(C(=O)N1CCCC1C(=O)NC(C)C(=O)C(N)=O)C(C)(C)C. The van der Waals surface area contributed by atoms with Crippen molar-refractivity contribution in [2.45, 2.75) is 58.7 Å². The van der Waals surface area contributed by atoms with Gasteiger partial charge < -0.3 is 26.6 Å². The predicted octanol–water partition coefficient (Wildman–Crippen LogP) is -1.12. The summed E-state index contributed by atoms with van der Waals surface area (Å²) in [6, 6.07) is -3.19. The molecule has 0 spiro atoms. The van der Waals surface area contributed by atoms with Crippen LogP contribution in [0.25, 0.3) is 0 Å². The summed E-state index contributed by atoms with van der Waals surface area (Å²) < 4.78 is 0. The van der Waals surface area contributed by atoms with Crippen LogP contribution in [-0.4, -0.2) is 66.2 Å². The molecule has 3 unspecified atom stereocenters. The standard InChI is InChI=1S/C17H29N5O5/c1-9(11(23)13(18)24)20-14(25)10-7-6-8-22(10)15(26)12(17(2,3)4)21-16(27)19-5/h9-10,12H,6-8H2,1-5H3,(H2,18,24)(H,20,25)(H2,19,21,27). The van der Waals surface area contributed by atoms with Gasteiger partial charge in [0.1, 0.15) is 12.1 Å². The Kier molecular flexibility index (Phi) is 7.32. The van der Waals surface area contributed by atoms with Crippen LogP contribution in [0.3, 0.4) is 0 Å². The van der Waals surface area contributed by atoms with Gasteiger partial charge >= 0.3 is 6.03 Å². The molecule has 10 nitrogen and oxygen atoms in total. The highest BCUT2D eigenvalue weighted by Gasteiger charge is 2.42. The molecule has 27 heavy (non-hydrogen) atoms. The third-order valence-corrected chi connectivity index (χ3v) is 4.45. The van der Waals surface area contributed by atoms with Gasteiger partial charge in [0, 0.05) is 13.6 Å². The van der Waals surface area contributed by atoms with Crippen LogP contribution >= 0.6 is 0 Å². The van der Waals surface area contributed by atoms with E-state index >= 15 is 0 Å². The number of nitrogens with zero attached hydrogens (tertiary/aromatic N) is 1. The maximum Gasteiger partial charge on any atom is 0.315 e. The number of hydrogen-bond acceptors (Lipinski definition) is 5. The van der Waals surface area contributed by atoms with E-state index in [1.54, 1.807) is 0 Å². The Morgan fingerprint density at radius 1 is 1.11 bits per heavy atom. The van der Waals surface area contributed by atoms with Gasteiger partial charge in [-0.3, -0.25) is 19.2 Å². The van der Waals surface area contributed by atoms with Gasteiger partial charge in [-0.25, -0.2) is 4.79 Å². The molecular weight excluding hydrogens is 354 g/mol. The first kappa shape index (κ1) is 22.4. The number of hydrogen-bond donors (Lipinski definition) is 4. The number of carbonyl (C=O) groups excluding carboxylic acids is 5. The van der Waals surface area contributed by atoms with Crippen LogP contribution in [-0.2, 0) is 19.2 Å². The van der Waals surface area contributed by atoms with Crippen LogP contribution in [0.5, 0.6) is 0 Å². The van der Waals surface area contributed by atoms with Crippen LogP contribution in [0.15, 0.2) is 0 Å². The number of amides is 5. The molecular formula is C17H29N5O5. The molecule has 0 aromatic heterocycles. The van der Waals surface area contributed by atoms with Gasteiger partial charge in [-0.2, -0.15) is 0 Å². The average molecular weight is 383 g/mol. The number of primary amides is 1. The number of rotatable bonds is 6. The molecule has 0 radical (unpaired) electrons. The monoisotopic (exact) mass is 383 g/mol. The van der Waals surface area contributed by atoms with Crippen LogP contribution in [0.4, 0.5) is 4.79 Å². The lowest BCUT2D eigenvalue weighted by Crippen LogP contribution is -2.59. The number of nitrogens with two attached hydrogens (primary N) is 1. The number of ketones is 1. The Morgan fingerprint density at radius 2 is 1.70 bits per heavy atom.